The van der Waals surface area contributed by atoms with E-state index in [0.717, 1.165) is 39.3 Å². The minimum absolute atomic E-state index is 0.123. The lowest BCUT2D eigenvalue weighted by Gasteiger charge is -2.26. The van der Waals surface area contributed by atoms with Crippen LogP contribution in [0.4, 0.5) is 26.1 Å². The van der Waals surface area contributed by atoms with Gasteiger partial charge in [0.25, 0.3) is 0 Å². The number of nitrogens with one attached hydrogen (secondary N) is 2. The summed E-state index contributed by atoms with van der Waals surface area (Å²) >= 11 is 0. The number of amides is 1. The second-order valence-electron chi connectivity index (χ2n) is 11.1. The van der Waals surface area contributed by atoms with Crippen LogP contribution in [-0.2, 0) is 16.1 Å². The average Bonchev–Trinajstić information content (AvgIpc) is 3.44. The van der Waals surface area contributed by atoms with Crippen molar-refractivity contribution in [2.24, 2.45) is 0 Å². The number of hydrogen-bond acceptors (Lipinski definition) is 10. The molecule has 3 aromatic heterocycles. The molecule has 0 radical (unpaired) electrons. The summed E-state index contributed by atoms with van der Waals surface area (Å²) in [6, 6.07) is 13.1. The van der Waals surface area contributed by atoms with Crippen LogP contribution in [0.5, 0.6) is 11.5 Å². The third-order valence-electron chi connectivity index (χ3n) is 7.67. The summed E-state index contributed by atoms with van der Waals surface area (Å²) < 4.78 is 48.5. The van der Waals surface area contributed by atoms with E-state index < -0.39 is 11.6 Å². The lowest BCUT2D eigenvalue weighted by molar-refractivity contribution is -0.114. The number of nitrogens with zero attached hydrogens (tertiary/aromatic N) is 6. The van der Waals surface area contributed by atoms with Crippen LogP contribution in [0, 0.1) is 11.6 Å². The van der Waals surface area contributed by atoms with E-state index >= 15 is 8.78 Å². The van der Waals surface area contributed by atoms with Crippen LogP contribution in [-0.4, -0.2) is 81.6 Å². The molecule has 5 aromatic rings. The third-order valence-corrected chi connectivity index (χ3v) is 7.67. The molecule has 0 unspecified atom stereocenters. The van der Waals surface area contributed by atoms with Crippen LogP contribution >= 0.6 is 0 Å². The molecule has 0 atom stereocenters. The Bertz CT molecular complexity index is 1870. The van der Waals surface area contributed by atoms with Crippen molar-refractivity contribution in [2.45, 2.75) is 26.8 Å². The van der Waals surface area contributed by atoms with Gasteiger partial charge in [0.1, 0.15) is 28.9 Å². The number of rotatable bonds is 13. The van der Waals surface area contributed by atoms with Crippen LogP contribution in [0.3, 0.4) is 0 Å². The number of carbonyl (C=O) groups excluding carboxylic acids is 1. The van der Waals surface area contributed by atoms with Gasteiger partial charge in [-0.2, -0.15) is 5.10 Å². The Morgan fingerprint density at radius 2 is 1.83 bits per heavy atom. The van der Waals surface area contributed by atoms with Crippen molar-refractivity contribution in [3.8, 4) is 23.0 Å². The highest BCUT2D eigenvalue weighted by Gasteiger charge is 2.20. The van der Waals surface area contributed by atoms with Crippen LogP contribution in [0.2, 0.25) is 0 Å². The molecule has 1 amide bonds. The number of aromatic nitrogens is 5. The van der Waals surface area contributed by atoms with Crippen molar-refractivity contribution in [3.05, 3.63) is 78.1 Å². The zero-order valence-corrected chi connectivity index (χ0v) is 26.7. The predicted molar refractivity (Wildman–Crippen MR) is 177 cm³/mol. The summed E-state index contributed by atoms with van der Waals surface area (Å²) in [6.07, 6.45) is 3.93. The molecule has 1 aliphatic heterocycles. The van der Waals surface area contributed by atoms with E-state index in [2.05, 4.69) is 25.5 Å². The van der Waals surface area contributed by atoms with Gasteiger partial charge in [0.05, 0.1) is 44.7 Å². The molecule has 1 fully saturated rings. The summed E-state index contributed by atoms with van der Waals surface area (Å²) in [7, 11) is 0. The van der Waals surface area contributed by atoms with E-state index in [1.54, 1.807) is 31.5 Å². The SMILES string of the molecule is CCOc1cc(F)c(Cn2nc(-c3ncc(OCCCN4CCOCC4)c(Nc4ccnc(NC(C)=O)c4)n3)c3ccccc32)c(F)c1. The van der Waals surface area contributed by atoms with Crippen molar-refractivity contribution >= 4 is 34.1 Å². The second kappa shape index (κ2) is 15.1. The normalized spacial score (nSPS) is 13.4. The fraction of sp³-hybridized carbons (Fsp3) is 0.324. The molecule has 1 aliphatic rings. The zero-order chi connectivity index (χ0) is 33.5. The summed E-state index contributed by atoms with van der Waals surface area (Å²) in [4.78, 5) is 27.6. The number of benzene rings is 2. The van der Waals surface area contributed by atoms with Gasteiger partial charge in [0.2, 0.25) is 5.91 Å². The number of morpholine rings is 1. The molecule has 0 aliphatic carbocycles. The number of anilines is 3. The maximum atomic E-state index is 15.0. The van der Waals surface area contributed by atoms with Gasteiger partial charge in [-0.25, -0.2) is 23.7 Å². The largest absolute Gasteiger partial charge is 0.494 e. The quantitative estimate of drug-likeness (QED) is 0.158. The molecule has 2 N–H and O–H groups in total. The van der Waals surface area contributed by atoms with Crippen molar-refractivity contribution in [1.29, 1.82) is 0 Å². The number of carbonyl (C=O) groups is 1. The van der Waals surface area contributed by atoms with Crippen molar-refractivity contribution in [3.63, 3.8) is 0 Å². The third kappa shape index (κ3) is 7.83. The first-order valence-corrected chi connectivity index (χ1v) is 15.7. The number of pyridine rings is 1. The van der Waals surface area contributed by atoms with Gasteiger partial charge in [-0.15, -0.1) is 0 Å². The highest BCUT2D eigenvalue weighted by atomic mass is 19.1. The van der Waals surface area contributed by atoms with Gasteiger partial charge in [0, 0.05) is 67.6 Å². The lowest BCUT2D eigenvalue weighted by Crippen LogP contribution is -2.37. The maximum Gasteiger partial charge on any atom is 0.222 e. The molecule has 0 spiro atoms. The van der Waals surface area contributed by atoms with E-state index in [4.69, 9.17) is 24.3 Å². The molecule has 12 nitrogen and oxygen atoms in total. The van der Waals surface area contributed by atoms with E-state index in [1.807, 2.05) is 24.3 Å². The van der Waals surface area contributed by atoms with Crippen molar-refractivity contribution < 1.29 is 27.8 Å². The highest BCUT2D eigenvalue weighted by molar-refractivity contribution is 5.92. The van der Waals surface area contributed by atoms with Gasteiger partial charge in [-0.3, -0.25) is 14.4 Å². The Morgan fingerprint density at radius 3 is 2.60 bits per heavy atom. The number of para-hydroxylation sites is 1. The Hall–Kier alpha value is -5.21. The topological polar surface area (TPSA) is 129 Å². The van der Waals surface area contributed by atoms with Gasteiger partial charge >= 0.3 is 0 Å². The standard InChI is InChI=1S/C34H36F2N8O4/c1-3-47-24-18-27(35)26(28(36)19-24)21-44-29-8-5-4-7-25(29)32(42-44)34-38-20-30(48-14-6-11-43-12-15-46-16-13-43)33(41-34)40-23-9-10-37-31(17-23)39-22(2)45/h4-5,7-10,17-20H,3,6,11-16,21H2,1-2H3,(H2,37,38,39,40,41,45). The molecule has 1 saturated heterocycles. The van der Waals surface area contributed by atoms with E-state index in [9.17, 15) is 4.79 Å². The first-order chi connectivity index (χ1) is 23.4. The first kappa shape index (κ1) is 32.7. The Morgan fingerprint density at radius 1 is 1.04 bits per heavy atom. The minimum Gasteiger partial charge on any atom is -0.494 e. The molecule has 4 heterocycles. The van der Waals surface area contributed by atoms with Crippen molar-refractivity contribution in [2.75, 3.05) is 56.7 Å². The maximum absolute atomic E-state index is 15.0. The van der Waals surface area contributed by atoms with E-state index in [1.165, 1.54) is 23.7 Å². The summed E-state index contributed by atoms with van der Waals surface area (Å²) in [5.41, 5.74) is 1.53. The fourth-order valence-electron chi connectivity index (χ4n) is 5.41. The van der Waals surface area contributed by atoms with Gasteiger partial charge < -0.3 is 24.8 Å². The summed E-state index contributed by atoms with van der Waals surface area (Å²) in [5, 5.41) is 11.4. The molecule has 48 heavy (non-hydrogen) atoms. The fourth-order valence-corrected chi connectivity index (χ4v) is 5.41. The number of hydrogen-bond donors (Lipinski definition) is 2. The lowest BCUT2D eigenvalue weighted by atomic mass is 10.1. The summed E-state index contributed by atoms with van der Waals surface area (Å²) in [5.74, 6) is -0.153. The Balaban J connectivity index is 1.31. The number of halogens is 2. The van der Waals surface area contributed by atoms with Crippen LogP contribution < -0.4 is 20.1 Å². The molecule has 14 heteroatoms. The average molecular weight is 659 g/mol. The molecular weight excluding hydrogens is 622 g/mol. The molecule has 6 rings (SSSR count). The summed E-state index contributed by atoms with van der Waals surface area (Å²) in [6.45, 7) is 7.81. The van der Waals surface area contributed by atoms with E-state index in [-0.39, 0.29) is 36.2 Å². The smallest absolute Gasteiger partial charge is 0.222 e. The monoisotopic (exact) mass is 658 g/mol. The van der Waals surface area contributed by atoms with E-state index in [0.29, 0.717) is 46.3 Å². The van der Waals surface area contributed by atoms with Crippen LogP contribution in [0.15, 0.2) is 60.9 Å². The number of fused-ring (bicyclic) bond motifs is 1. The molecule has 2 aromatic carbocycles. The van der Waals surface area contributed by atoms with Gasteiger partial charge in [-0.05, 0) is 25.5 Å². The Labute approximate surface area is 276 Å². The zero-order valence-electron chi connectivity index (χ0n) is 26.7. The second-order valence-corrected chi connectivity index (χ2v) is 11.1. The van der Waals surface area contributed by atoms with Crippen LogP contribution in [0.1, 0.15) is 25.8 Å². The predicted octanol–water partition coefficient (Wildman–Crippen LogP) is 5.42. The first-order valence-electron chi connectivity index (χ1n) is 15.7. The molecule has 0 bridgehead atoms. The highest BCUT2D eigenvalue weighted by Crippen LogP contribution is 2.32. The number of ether oxygens (including phenoxy) is 3. The molecular formula is C34H36F2N8O4. The molecule has 250 valence electrons. The van der Waals surface area contributed by atoms with Gasteiger partial charge in [-0.1, -0.05) is 18.2 Å². The van der Waals surface area contributed by atoms with Gasteiger partial charge in [0.15, 0.2) is 17.4 Å². The Kier molecular flexibility index (Phi) is 10.3. The molecule has 0 saturated carbocycles. The minimum atomic E-state index is -0.728. The van der Waals surface area contributed by atoms with Crippen molar-refractivity contribution in [1.82, 2.24) is 29.6 Å². The van der Waals surface area contributed by atoms with Crippen LogP contribution in [0.25, 0.3) is 22.4 Å².